The molecule has 5 aliphatic heterocycles. The van der Waals surface area contributed by atoms with Crippen molar-refractivity contribution >= 4 is 29.4 Å². The first-order valence-corrected chi connectivity index (χ1v) is 14.3. The van der Waals surface area contributed by atoms with Crippen molar-refractivity contribution in [2.45, 2.75) is 57.0 Å². The second kappa shape index (κ2) is 10.4. The van der Waals surface area contributed by atoms with Gasteiger partial charge in [-0.25, -0.2) is 9.78 Å². The quantitative estimate of drug-likeness (QED) is 0.585. The van der Waals surface area contributed by atoms with Gasteiger partial charge in [-0.2, -0.15) is 4.98 Å². The highest BCUT2D eigenvalue weighted by Crippen LogP contribution is 2.44. The molecule has 6 aliphatic rings. The third kappa shape index (κ3) is 4.46. The van der Waals surface area contributed by atoms with E-state index in [2.05, 4.69) is 22.2 Å². The lowest BCUT2D eigenvalue weighted by atomic mass is 9.94. The highest BCUT2D eigenvalue weighted by molar-refractivity contribution is 5.94. The zero-order valence-corrected chi connectivity index (χ0v) is 22.8. The number of anilines is 3. The van der Waals surface area contributed by atoms with Crippen molar-refractivity contribution in [3.63, 3.8) is 0 Å². The molecule has 3 saturated heterocycles. The number of hydrogen-bond donors (Lipinski definition) is 1. The van der Waals surface area contributed by atoms with Crippen molar-refractivity contribution in [3.05, 3.63) is 47.7 Å². The van der Waals surface area contributed by atoms with E-state index in [1.54, 1.807) is 4.90 Å². The highest BCUT2D eigenvalue weighted by Gasteiger charge is 2.56. The van der Waals surface area contributed by atoms with Crippen LogP contribution in [0.2, 0.25) is 0 Å². The Kier molecular flexibility index (Phi) is 6.55. The molecule has 11 heteroatoms. The summed E-state index contributed by atoms with van der Waals surface area (Å²) in [7, 11) is 2.16. The summed E-state index contributed by atoms with van der Waals surface area (Å²) in [4.78, 5) is 43.7. The van der Waals surface area contributed by atoms with Crippen molar-refractivity contribution < 1.29 is 19.1 Å². The Hall–Kier alpha value is -3.70. The van der Waals surface area contributed by atoms with E-state index < -0.39 is 0 Å². The topological polar surface area (TPSA) is 103 Å². The van der Waals surface area contributed by atoms with Gasteiger partial charge in [0.15, 0.2) is 6.61 Å². The third-order valence-electron chi connectivity index (χ3n) is 8.92. The van der Waals surface area contributed by atoms with E-state index in [0.717, 1.165) is 55.6 Å². The average Bonchev–Trinajstić information content (AvgIpc) is 3.73. The molecular weight excluding hydrogens is 510 g/mol. The fourth-order valence-electron chi connectivity index (χ4n) is 6.81. The number of fused-ring (bicyclic) bond motifs is 4. The molecule has 1 aromatic carbocycles. The summed E-state index contributed by atoms with van der Waals surface area (Å²) in [6, 6.07) is 6.76. The summed E-state index contributed by atoms with van der Waals surface area (Å²) in [5.41, 5.74) is 2.55. The number of aromatic nitrogens is 2. The van der Waals surface area contributed by atoms with Crippen LogP contribution in [0, 0.1) is 0 Å². The van der Waals surface area contributed by atoms with Gasteiger partial charge in [-0.3, -0.25) is 14.6 Å². The van der Waals surface area contributed by atoms with Gasteiger partial charge < -0.3 is 24.6 Å². The first kappa shape index (κ1) is 25.3. The molecule has 11 nitrogen and oxygen atoms in total. The SMILES string of the molecule is CN1C2CCC1C2N1Cc2cnc3nc2N(C/C=C\COCc2cc(ccc2OCC(=O)N2CCCC2)N3)C1=O. The van der Waals surface area contributed by atoms with Crippen molar-refractivity contribution in [2.75, 3.05) is 50.1 Å². The van der Waals surface area contributed by atoms with Crippen LogP contribution < -0.4 is 15.0 Å². The molecule has 2 atom stereocenters. The van der Waals surface area contributed by atoms with Crippen molar-refractivity contribution in [1.82, 2.24) is 24.7 Å². The highest BCUT2D eigenvalue weighted by atomic mass is 16.5. The van der Waals surface area contributed by atoms with Crippen LogP contribution in [0.3, 0.4) is 0 Å². The zero-order chi connectivity index (χ0) is 27.2. The minimum atomic E-state index is -0.00271. The number of nitrogens with one attached hydrogen (secondary N) is 1. The number of ether oxygens (including phenoxy) is 2. The van der Waals surface area contributed by atoms with E-state index in [1.165, 1.54) is 0 Å². The van der Waals surface area contributed by atoms with Crippen molar-refractivity contribution in [2.24, 2.45) is 0 Å². The standard InChI is InChI=1S/C29H35N7O4/c1-33-22-7-8-23(33)26(22)36-16-20-15-30-28-31-21-6-9-24(40-18-25(37)34-10-2-3-11-34)19(14-21)17-39-13-5-4-12-35(29(36)38)27(20)32-28/h4-6,9,14-15,22-23,26H,2-3,7-8,10-13,16-18H2,1H3,(H,30,31,32)/b5-4-. The van der Waals surface area contributed by atoms with Crippen LogP contribution in [0.15, 0.2) is 36.5 Å². The van der Waals surface area contributed by atoms with Gasteiger partial charge in [0.25, 0.3) is 5.91 Å². The molecule has 4 fully saturated rings. The molecule has 1 aromatic heterocycles. The van der Waals surface area contributed by atoms with Gasteiger partial charge in [0, 0.05) is 54.7 Å². The fourth-order valence-corrected chi connectivity index (χ4v) is 6.81. The Morgan fingerprint density at radius 1 is 1.15 bits per heavy atom. The van der Waals surface area contributed by atoms with Crippen LogP contribution in [-0.2, 0) is 22.7 Å². The number of likely N-dealkylation sites (tertiary alicyclic amines) is 1. The number of amides is 3. The van der Waals surface area contributed by atoms with E-state index in [0.29, 0.717) is 55.9 Å². The molecule has 1 aliphatic carbocycles. The van der Waals surface area contributed by atoms with Gasteiger partial charge in [-0.1, -0.05) is 12.2 Å². The third-order valence-corrected chi connectivity index (χ3v) is 8.92. The van der Waals surface area contributed by atoms with Crippen molar-refractivity contribution in [3.8, 4) is 5.75 Å². The Bertz CT molecular complexity index is 1330. The molecular formula is C29H35N7O4. The second-order valence-corrected chi connectivity index (χ2v) is 11.2. The van der Waals surface area contributed by atoms with E-state index in [4.69, 9.17) is 14.5 Å². The predicted molar refractivity (Wildman–Crippen MR) is 149 cm³/mol. The lowest BCUT2D eigenvalue weighted by molar-refractivity contribution is -0.132. The molecule has 8 rings (SSSR count). The first-order valence-electron chi connectivity index (χ1n) is 14.3. The molecule has 2 unspecified atom stereocenters. The van der Waals surface area contributed by atoms with E-state index in [1.807, 2.05) is 46.3 Å². The largest absolute Gasteiger partial charge is 0.483 e. The molecule has 2 aromatic rings. The van der Waals surface area contributed by atoms with Crippen molar-refractivity contribution in [1.29, 1.82) is 0 Å². The Balaban J connectivity index is 1.13. The number of rotatable bonds is 4. The maximum atomic E-state index is 13.8. The lowest BCUT2D eigenvalue weighted by Gasteiger charge is -2.53. The maximum absolute atomic E-state index is 13.8. The molecule has 1 saturated carbocycles. The Morgan fingerprint density at radius 3 is 2.77 bits per heavy atom. The summed E-state index contributed by atoms with van der Waals surface area (Å²) in [6.07, 6.45) is 10.1. The van der Waals surface area contributed by atoms with Crippen LogP contribution in [0.25, 0.3) is 0 Å². The van der Waals surface area contributed by atoms with Crippen LogP contribution in [0.5, 0.6) is 5.75 Å². The number of nitrogens with zero attached hydrogens (tertiary/aromatic N) is 6. The van der Waals surface area contributed by atoms with Gasteiger partial charge in [-0.05, 0) is 50.9 Å². The molecule has 40 heavy (non-hydrogen) atoms. The first-order chi connectivity index (χ1) is 19.6. The molecule has 6 heterocycles. The summed E-state index contributed by atoms with van der Waals surface area (Å²) in [6.45, 7) is 3.23. The van der Waals surface area contributed by atoms with Crippen LogP contribution >= 0.6 is 0 Å². The van der Waals surface area contributed by atoms with Gasteiger partial charge in [0.1, 0.15) is 11.6 Å². The van der Waals surface area contributed by atoms with Crippen LogP contribution in [-0.4, -0.2) is 94.6 Å². The Morgan fingerprint density at radius 2 is 1.98 bits per heavy atom. The summed E-state index contributed by atoms with van der Waals surface area (Å²) in [5.74, 6) is 1.68. The van der Waals surface area contributed by atoms with E-state index in [-0.39, 0.29) is 24.6 Å². The molecule has 3 amide bonds. The van der Waals surface area contributed by atoms with E-state index >= 15 is 0 Å². The minimum Gasteiger partial charge on any atom is -0.483 e. The number of carbonyl (C=O) groups is 2. The Labute approximate surface area is 233 Å². The monoisotopic (exact) mass is 545 g/mol. The number of urea groups is 1. The number of carbonyl (C=O) groups excluding carboxylic acids is 2. The molecule has 6 bridgehead atoms. The number of benzene rings is 1. The number of likely N-dealkylation sites (N-methyl/N-ethyl adjacent to an activating group) is 1. The number of hydrogen-bond acceptors (Lipinski definition) is 8. The van der Waals surface area contributed by atoms with Gasteiger partial charge in [0.05, 0.1) is 25.8 Å². The predicted octanol–water partition coefficient (Wildman–Crippen LogP) is 2.89. The van der Waals surface area contributed by atoms with Gasteiger partial charge in [0.2, 0.25) is 5.95 Å². The zero-order valence-electron chi connectivity index (χ0n) is 22.8. The smallest absolute Gasteiger partial charge is 0.326 e. The molecule has 1 N–H and O–H groups in total. The summed E-state index contributed by atoms with van der Waals surface area (Å²) < 4.78 is 11.9. The molecule has 0 spiro atoms. The maximum Gasteiger partial charge on any atom is 0.326 e. The van der Waals surface area contributed by atoms with Gasteiger partial charge in [-0.15, -0.1) is 0 Å². The summed E-state index contributed by atoms with van der Waals surface area (Å²) >= 11 is 0. The van der Waals surface area contributed by atoms with Crippen LogP contribution in [0.1, 0.15) is 36.8 Å². The summed E-state index contributed by atoms with van der Waals surface area (Å²) in [5, 5.41) is 3.29. The molecule has 210 valence electrons. The van der Waals surface area contributed by atoms with E-state index in [9.17, 15) is 9.59 Å². The average molecular weight is 546 g/mol. The fraction of sp³-hybridized carbons (Fsp3) is 0.517. The lowest BCUT2D eigenvalue weighted by Crippen LogP contribution is -2.69. The minimum absolute atomic E-state index is 0.00271. The van der Waals surface area contributed by atoms with Gasteiger partial charge >= 0.3 is 6.03 Å². The second-order valence-electron chi connectivity index (χ2n) is 11.2. The normalized spacial score (nSPS) is 26.7. The molecule has 0 radical (unpaired) electrons. The van der Waals surface area contributed by atoms with Crippen LogP contribution in [0.4, 0.5) is 22.2 Å².